The van der Waals surface area contributed by atoms with Crippen molar-refractivity contribution in [3.63, 3.8) is 0 Å². The molecule has 0 radical (unpaired) electrons. The number of nitrogens with zero attached hydrogens (tertiary/aromatic N) is 6. The van der Waals surface area contributed by atoms with Gasteiger partial charge in [-0.05, 0) is 23.8 Å². The molecule has 1 saturated heterocycles. The first-order valence-electron chi connectivity index (χ1n) is 12.1. The monoisotopic (exact) mass is 499 g/mol. The van der Waals surface area contributed by atoms with E-state index < -0.39 is 0 Å². The maximum absolute atomic E-state index is 6.77. The lowest BCUT2D eigenvalue weighted by atomic mass is 10.2. The lowest BCUT2D eigenvalue weighted by Gasteiger charge is -2.26. The first kappa shape index (κ1) is 24.3. The van der Waals surface area contributed by atoms with Gasteiger partial charge in [0.15, 0.2) is 0 Å². The van der Waals surface area contributed by atoms with E-state index in [9.17, 15) is 0 Å². The van der Waals surface area contributed by atoms with E-state index in [-0.39, 0.29) is 0 Å². The fourth-order valence-electron chi connectivity index (χ4n) is 4.03. The van der Waals surface area contributed by atoms with Gasteiger partial charge in [0.25, 0.3) is 0 Å². The van der Waals surface area contributed by atoms with Gasteiger partial charge in [-0.25, -0.2) is 20.5 Å². The summed E-state index contributed by atoms with van der Waals surface area (Å²) < 4.78 is 13.4. The van der Waals surface area contributed by atoms with Gasteiger partial charge in [0.1, 0.15) is 30.1 Å². The van der Waals surface area contributed by atoms with Crippen molar-refractivity contribution in [1.82, 2.24) is 24.3 Å². The molecule has 190 valence electrons. The Labute approximate surface area is 214 Å². The topological polar surface area (TPSA) is 125 Å². The highest BCUT2D eigenvalue weighted by molar-refractivity contribution is 5.63. The minimum absolute atomic E-state index is 0.618. The van der Waals surface area contributed by atoms with Gasteiger partial charge < -0.3 is 20.1 Å². The Bertz CT molecular complexity index is 1350. The van der Waals surface area contributed by atoms with Crippen LogP contribution < -0.4 is 15.4 Å². The summed E-state index contributed by atoms with van der Waals surface area (Å²) in [6, 6.07) is 13.8. The fraction of sp³-hybridized carbons (Fsp3) is 0.269. The molecule has 1 aliphatic heterocycles. The lowest BCUT2D eigenvalue weighted by Crippen LogP contribution is -2.38. The van der Waals surface area contributed by atoms with Crippen molar-refractivity contribution in [1.29, 1.82) is 5.53 Å². The summed E-state index contributed by atoms with van der Waals surface area (Å²) in [7, 11) is 0. The highest BCUT2D eigenvalue weighted by Gasteiger charge is 2.12. The van der Waals surface area contributed by atoms with Gasteiger partial charge in [-0.15, -0.1) is 0 Å². The van der Waals surface area contributed by atoms with E-state index in [2.05, 4.69) is 35.6 Å². The Kier molecular flexibility index (Phi) is 7.94. The molecular formula is C26H29N9O2. The molecule has 5 rings (SSSR count). The molecule has 4 heterocycles. The zero-order valence-electron chi connectivity index (χ0n) is 20.4. The minimum Gasteiger partial charge on any atom is -0.492 e. The van der Waals surface area contributed by atoms with E-state index in [1.165, 1.54) is 6.20 Å². The van der Waals surface area contributed by atoms with Crippen LogP contribution in [0.2, 0.25) is 0 Å². The van der Waals surface area contributed by atoms with E-state index in [1.54, 1.807) is 12.5 Å². The van der Waals surface area contributed by atoms with Crippen LogP contribution in [-0.2, 0) is 11.3 Å². The largest absolute Gasteiger partial charge is 0.492 e. The number of anilines is 2. The summed E-state index contributed by atoms with van der Waals surface area (Å²) in [6.45, 7) is 5.61. The third kappa shape index (κ3) is 6.46. The predicted octanol–water partition coefficient (Wildman–Crippen LogP) is 4.03. The number of hydrogen-bond donors (Lipinski definition) is 3. The van der Waals surface area contributed by atoms with Crippen LogP contribution in [0.5, 0.6) is 5.75 Å². The first-order valence-corrected chi connectivity index (χ1v) is 12.1. The molecule has 0 aliphatic carbocycles. The van der Waals surface area contributed by atoms with Crippen LogP contribution >= 0.6 is 0 Å². The van der Waals surface area contributed by atoms with Crippen molar-refractivity contribution in [2.45, 2.75) is 6.54 Å². The van der Waals surface area contributed by atoms with E-state index in [1.807, 2.05) is 59.3 Å². The van der Waals surface area contributed by atoms with Gasteiger partial charge in [0.2, 0.25) is 0 Å². The minimum atomic E-state index is 0.618. The molecule has 0 atom stereocenters. The Morgan fingerprint density at radius 1 is 1.08 bits per heavy atom. The summed E-state index contributed by atoms with van der Waals surface area (Å²) in [5.74, 6) is 1.52. The summed E-state index contributed by atoms with van der Waals surface area (Å²) in [5, 5.41) is 9.58. The molecule has 0 bridgehead atoms. The summed E-state index contributed by atoms with van der Waals surface area (Å²) in [5.41, 5.74) is 11.2. The normalized spacial score (nSPS) is 14.2. The standard InChI is InChI=1S/C26H29N9O2/c27-33-7-6-28-21-3-1-20(2-4-21)17-29-25-16-23(31-19-32-25)24-18-30-26-15-22(5-8-35(24)26)37-14-11-34-9-12-36-13-10-34/h1-8,15-16,18-19,27-28H,9-14,17H2,(H,29,31,32)/b7-6-,33-27?. The number of hydrogen-bond acceptors (Lipinski definition) is 10. The van der Waals surface area contributed by atoms with Crippen LogP contribution in [0.4, 0.5) is 11.5 Å². The van der Waals surface area contributed by atoms with Crippen LogP contribution in [-0.4, -0.2) is 63.7 Å². The summed E-state index contributed by atoms with van der Waals surface area (Å²) in [6.07, 6.45) is 8.32. The van der Waals surface area contributed by atoms with Gasteiger partial charge >= 0.3 is 0 Å². The quantitative estimate of drug-likeness (QED) is 0.264. The molecule has 37 heavy (non-hydrogen) atoms. The van der Waals surface area contributed by atoms with Gasteiger partial charge in [-0.3, -0.25) is 9.30 Å². The number of nitrogens with one attached hydrogen (secondary N) is 3. The average Bonchev–Trinajstić information content (AvgIpc) is 3.37. The summed E-state index contributed by atoms with van der Waals surface area (Å²) in [4.78, 5) is 15.7. The second-order valence-corrected chi connectivity index (χ2v) is 8.46. The van der Waals surface area contributed by atoms with Crippen LogP contribution in [0.25, 0.3) is 17.0 Å². The SMILES string of the molecule is N=N/C=C\Nc1ccc(CNc2cc(-c3cnc4cc(OCCN5CCOCC5)ccn34)ncn2)cc1. The number of imidazole rings is 1. The van der Waals surface area contributed by atoms with Gasteiger partial charge in [-0.1, -0.05) is 12.1 Å². The molecule has 3 aromatic heterocycles. The number of fused-ring (bicyclic) bond motifs is 1. The molecule has 4 aromatic rings. The molecule has 0 amide bonds. The summed E-state index contributed by atoms with van der Waals surface area (Å²) >= 11 is 0. The van der Waals surface area contributed by atoms with Crippen LogP contribution in [0.15, 0.2) is 78.7 Å². The molecule has 1 fully saturated rings. The maximum Gasteiger partial charge on any atom is 0.140 e. The lowest BCUT2D eigenvalue weighted by molar-refractivity contribution is 0.0322. The molecule has 0 unspecified atom stereocenters. The Hall–Kier alpha value is -4.35. The number of benzene rings is 1. The Morgan fingerprint density at radius 2 is 1.95 bits per heavy atom. The van der Waals surface area contributed by atoms with Gasteiger partial charge in [0.05, 0.1) is 37.0 Å². The zero-order chi connectivity index (χ0) is 25.3. The number of morpholine rings is 1. The van der Waals surface area contributed by atoms with Gasteiger partial charge in [0, 0.05) is 56.4 Å². The highest BCUT2D eigenvalue weighted by atomic mass is 16.5. The second-order valence-electron chi connectivity index (χ2n) is 8.46. The third-order valence-corrected chi connectivity index (χ3v) is 6.02. The van der Waals surface area contributed by atoms with Crippen molar-refractivity contribution in [3.8, 4) is 17.1 Å². The number of ether oxygens (including phenoxy) is 2. The highest BCUT2D eigenvalue weighted by Crippen LogP contribution is 2.23. The Morgan fingerprint density at radius 3 is 2.78 bits per heavy atom. The zero-order valence-corrected chi connectivity index (χ0v) is 20.4. The van der Waals surface area contributed by atoms with Crippen molar-refractivity contribution in [3.05, 3.63) is 79.1 Å². The average molecular weight is 500 g/mol. The maximum atomic E-state index is 6.77. The van der Waals surface area contributed by atoms with Crippen molar-refractivity contribution in [2.24, 2.45) is 5.11 Å². The van der Waals surface area contributed by atoms with E-state index in [0.29, 0.717) is 13.2 Å². The van der Waals surface area contributed by atoms with Crippen molar-refractivity contribution >= 4 is 17.2 Å². The number of aromatic nitrogens is 4. The smallest absolute Gasteiger partial charge is 0.140 e. The van der Waals surface area contributed by atoms with Gasteiger partial charge in [-0.2, -0.15) is 5.11 Å². The predicted molar refractivity (Wildman–Crippen MR) is 141 cm³/mol. The van der Waals surface area contributed by atoms with Crippen LogP contribution in [0.1, 0.15) is 5.56 Å². The number of pyridine rings is 1. The van der Waals surface area contributed by atoms with Crippen LogP contribution in [0.3, 0.4) is 0 Å². The van der Waals surface area contributed by atoms with E-state index in [4.69, 9.17) is 15.0 Å². The third-order valence-electron chi connectivity index (χ3n) is 6.02. The number of rotatable bonds is 11. The molecule has 1 aromatic carbocycles. The van der Waals surface area contributed by atoms with E-state index >= 15 is 0 Å². The first-order chi connectivity index (χ1) is 18.3. The molecule has 1 aliphatic rings. The Balaban J connectivity index is 1.20. The molecule has 11 heteroatoms. The molecule has 11 nitrogen and oxygen atoms in total. The van der Waals surface area contributed by atoms with Crippen LogP contribution in [0, 0.1) is 5.53 Å². The molecular weight excluding hydrogens is 470 g/mol. The fourth-order valence-corrected chi connectivity index (χ4v) is 4.03. The van der Waals surface area contributed by atoms with Crippen molar-refractivity contribution in [2.75, 3.05) is 50.1 Å². The van der Waals surface area contributed by atoms with Crippen molar-refractivity contribution < 1.29 is 9.47 Å². The second kappa shape index (κ2) is 12.1. The molecule has 0 saturated carbocycles. The molecule has 0 spiro atoms. The molecule has 3 N–H and O–H groups in total. The van der Waals surface area contributed by atoms with E-state index in [0.717, 1.165) is 72.7 Å².